The second-order valence-electron chi connectivity index (χ2n) is 7.40. The predicted octanol–water partition coefficient (Wildman–Crippen LogP) is 5.15. The number of halogens is 3. The highest BCUT2D eigenvalue weighted by Gasteiger charge is 2.36. The summed E-state index contributed by atoms with van der Waals surface area (Å²) >= 11 is 0. The summed E-state index contributed by atoms with van der Waals surface area (Å²) in [6.45, 7) is 0. The maximum Gasteiger partial charge on any atom is 0.416 e. The van der Waals surface area contributed by atoms with Gasteiger partial charge in [0, 0.05) is 5.69 Å². The number of hydrogen-bond donors (Lipinski definition) is 3. The molecule has 6 nitrogen and oxygen atoms in total. The van der Waals surface area contributed by atoms with E-state index in [1.807, 2.05) is 6.07 Å². The zero-order chi connectivity index (χ0) is 22.6. The molecule has 1 amide bonds. The van der Waals surface area contributed by atoms with Gasteiger partial charge in [-0.1, -0.05) is 12.8 Å². The van der Waals surface area contributed by atoms with Crippen molar-refractivity contribution in [2.45, 2.75) is 31.9 Å². The minimum atomic E-state index is -4.61. The molecule has 3 rings (SSSR count). The van der Waals surface area contributed by atoms with E-state index < -0.39 is 35.5 Å². The Morgan fingerprint density at radius 1 is 1.00 bits per heavy atom. The lowest BCUT2D eigenvalue weighted by Gasteiger charge is -2.28. The average Bonchev–Trinajstić information content (AvgIpc) is 2.74. The number of carboxylic acids is 1. The number of amides is 1. The molecule has 2 aromatic carbocycles. The third-order valence-corrected chi connectivity index (χ3v) is 5.32. The number of nitrogens with one attached hydrogen (secondary N) is 2. The van der Waals surface area contributed by atoms with Crippen LogP contribution in [-0.4, -0.2) is 17.0 Å². The van der Waals surface area contributed by atoms with Crippen LogP contribution in [0.1, 0.15) is 36.8 Å². The quantitative estimate of drug-likeness (QED) is 0.608. The Labute approximate surface area is 176 Å². The molecule has 0 aromatic heterocycles. The Balaban J connectivity index is 1.90. The average molecular weight is 431 g/mol. The van der Waals surface area contributed by atoms with E-state index in [0.29, 0.717) is 36.9 Å². The normalized spacial score (nSPS) is 18.6. The fraction of sp³-hybridized carbons (Fsp3) is 0.318. The van der Waals surface area contributed by atoms with E-state index in [4.69, 9.17) is 5.26 Å². The van der Waals surface area contributed by atoms with Gasteiger partial charge in [0.1, 0.15) is 0 Å². The highest BCUT2D eigenvalue weighted by molar-refractivity contribution is 5.98. The van der Waals surface area contributed by atoms with Crippen molar-refractivity contribution < 1.29 is 27.9 Å². The molecule has 0 unspecified atom stereocenters. The Morgan fingerprint density at radius 3 is 2.23 bits per heavy atom. The zero-order valence-corrected chi connectivity index (χ0v) is 16.4. The van der Waals surface area contributed by atoms with Crippen LogP contribution in [0.4, 0.5) is 30.2 Å². The first-order valence-corrected chi connectivity index (χ1v) is 9.71. The molecular formula is C22H20F3N3O3. The van der Waals surface area contributed by atoms with Crippen molar-refractivity contribution in [1.29, 1.82) is 5.26 Å². The number of carbonyl (C=O) groups is 2. The van der Waals surface area contributed by atoms with Gasteiger partial charge in [-0.3, -0.25) is 9.59 Å². The number of hydrogen-bond acceptors (Lipinski definition) is 4. The summed E-state index contributed by atoms with van der Waals surface area (Å²) in [6, 6.07) is 11.2. The molecule has 1 aliphatic rings. The van der Waals surface area contributed by atoms with Gasteiger partial charge in [-0.25, -0.2) is 0 Å². The summed E-state index contributed by atoms with van der Waals surface area (Å²) in [4.78, 5) is 24.3. The van der Waals surface area contributed by atoms with E-state index in [0.717, 1.165) is 12.1 Å². The second-order valence-corrected chi connectivity index (χ2v) is 7.40. The monoisotopic (exact) mass is 431 g/mol. The number of rotatable bonds is 5. The molecule has 2 atom stereocenters. The molecule has 1 fully saturated rings. The van der Waals surface area contributed by atoms with Crippen LogP contribution < -0.4 is 10.6 Å². The highest BCUT2D eigenvalue weighted by Crippen LogP contribution is 2.37. The van der Waals surface area contributed by atoms with Crippen molar-refractivity contribution in [1.82, 2.24) is 0 Å². The smallest absolute Gasteiger partial charge is 0.416 e. The number of alkyl halides is 3. The number of nitrogens with zero attached hydrogens (tertiary/aromatic N) is 1. The van der Waals surface area contributed by atoms with Crippen molar-refractivity contribution in [2.75, 3.05) is 10.6 Å². The Morgan fingerprint density at radius 2 is 1.65 bits per heavy atom. The Hall–Kier alpha value is -3.54. The molecule has 1 saturated carbocycles. The molecule has 0 heterocycles. The lowest BCUT2D eigenvalue weighted by atomic mass is 9.78. The van der Waals surface area contributed by atoms with Crippen LogP contribution >= 0.6 is 0 Å². The summed E-state index contributed by atoms with van der Waals surface area (Å²) in [5.41, 5.74) is 0.109. The Bertz CT molecular complexity index is 1010. The van der Waals surface area contributed by atoms with Gasteiger partial charge in [-0.15, -0.1) is 0 Å². The fourth-order valence-electron chi connectivity index (χ4n) is 3.68. The van der Waals surface area contributed by atoms with Gasteiger partial charge in [0.05, 0.1) is 40.4 Å². The van der Waals surface area contributed by atoms with Crippen LogP contribution in [0, 0.1) is 23.2 Å². The first-order valence-electron chi connectivity index (χ1n) is 9.71. The van der Waals surface area contributed by atoms with Gasteiger partial charge in [0.25, 0.3) is 0 Å². The SMILES string of the molecule is N#Cc1ccc(Nc2ccc(C(F)(F)F)cc2NC(=O)[C@H]2CCCC[C@H]2C(=O)O)cc1. The minimum Gasteiger partial charge on any atom is -0.481 e. The van der Waals surface area contributed by atoms with Crippen LogP contribution in [0.15, 0.2) is 42.5 Å². The molecule has 162 valence electrons. The van der Waals surface area contributed by atoms with Crippen molar-refractivity contribution >= 4 is 28.9 Å². The fourth-order valence-corrected chi connectivity index (χ4v) is 3.68. The first-order chi connectivity index (χ1) is 14.7. The van der Waals surface area contributed by atoms with Gasteiger partial charge < -0.3 is 15.7 Å². The van der Waals surface area contributed by atoms with Gasteiger partial charge in [0.15, 0.2) is 0 Å². The standard InChI is InChI=1S/C22H20F3N3O3/c23-22(24,25)14-7-10-18(27-15-8-5-13(12-26)6-9-15)19(11-14)28-20(29)16-3-1-2-4-17(16)21(30)31/h5-11,16-17,27H,1-4H2,(H,28,29)(H,30,31)/t16-,17+/m0/s1. The third-order valence-electron chi connectivity index (χ3n) is 5.32. The topological polar surface area (TPSA) is 102 Å². The van der Waals surface area contributed by atoms with Gasteiger partial charge in [-0.2, -0.15) is 18.4 Å². The van der Waals surface area contributed by atoms with Crippen molar-refractivity contribution in [3.05, 3.63) is 53.6 Å². The summed E-state index contributed by atoms with van der Waals surface area (Å²) in [5, 5.41) is 23.7. The molecule has 0 spiro atoms. The summed E-state index contributed by atoms with van der Waals surface area (Å²) in [6.07, 6.45) is -2.52. The zero-order valence-electron chi connectivity index (χ0n) is 16.4. The molecule has 1 aliphatic carbocycles. The lowest BCUT2D eigenvalue weighted by molar-refractivity contribution is -0.147. The van der Waals surface area contributed by atoms with Crippen molar-refractivity contribution in [3.63, 3.8) is 0 Å². The highest BCUT2D eigenvalue weighted by atomic mass is 19.4. The first kappa shape index (κ1) is 22.2. The molecule has 31 heavy (non-hydrogen) atoms. The van der Waals surface area contributed by atoms with Crippen LogP contribution in [0.5, 0.6) is 0 Å². The van der Waals surface area contributed by atoms with Gasteiger partial charge in [-0.05, 0) is 55.3 Å². The molecule has 0 bridgehead atoms. The Kier molecular flexibility index (Phi) is 6.49. The molecule has 0 radical (unpaired) electrons. The van der Waals surface area contributed by atoms with E-state index in [-0.39, 0.29) is 11.4 Å². The number of carboxylic acid groups (broad SMARTS) is 1. The second kappa shape index (κ2) is 9.08. The largest absolute Gasteiger partial charge is 0.481 e. The maximum absolute atomic E-state index is 13.2. The molecule has 3 N–H and O–H groups in total. The van der Waals surface area contributed by atoms with Gasteiger partial charge >= 0.3 is 12.1 Å². The van der Waals surface area contributed by atoms with E-state index in [2.05, 4.69) is 10.6 Å². The summed E-state index contributed by atoms with van der Waals surface area (Å²) in [7, 11) is 0. The third kappa shape index (κ3) is 5.34. The van der Waals surface area contributed by atoms with Crippen molar-refractivity contribution in [2.24, 2.45) is 11.8 Å². The molecule has 9 heteroatoms. The number of nitriles is 1. The lowest BCUT2D eigenvalue weighted by Crippen LogP contribution is -2.36. The molecule has 2 aromatic rings. The van der Waals surface area contributed by atoms with E-state index >= 15 is 0 Å². The van der Waals surface area contributed by atoms with Crippen LogP contribution in [0.3, 0.4) is 0 Å². The maximum atomic E-state index is 13.2. The number of benzene rings is 2. The summed E-state index contributed by atoms with van der Waals surface area (Å²) < 4.78 is 39.7. The number of aliphatic carboxylic acids is 1. The summed E-state index contributed by atoms with van der Waals surface area (Å²) in [5.74, 6) is -3.38. The van der Waals surface area contributed by atoms with Crippen LogP contribution in [0.2, 0.25) is 0 Å². The minimum absolute atomic E-state index is 0.0982. The molecule has 0 aliphatic heterocycles. The van der Waals surface area contributed by atoms with E-state index in [1.165, 1.54) is 6.07 Å². The van der Waals surface area contributed by atoms with Crippen LogP contribution in [0.25, 0.3) is 0 Å². The van der Waals surface area contributed by atoms with Gasteiger partial charge in [0.2, 0.25) is 5.91 Å². The molecular weight excluding hydrogens is 411 g/mol. The molecule has 0 saturated heterocycles. The van der Waals surface area contributed by atoms with E-state index in [1.54, 1.807) is 24.3 Å². The number of anilines is 3. The van der Waals surface area contributed by atoms with Crippen LogP contribution in [-0.2, 0) is 15.8 Å². The predicted molar refractivity (Wildman–Crippen MR) is 108 cm³/mol. The number of carbonyl (C=O) groups excluding carboxylic acids is 1. The van der Waals surface area contributed by atoms with E-state index in [9.17, 15) is 27.9 Å². The van der Waals surface area contributed by atoms with Crippen molar-refractivity contribution in [3.8, 4) is 6.07 Å².